The number of aromatic nitrogens is 2. The number of carboxylic acid groups (broad SMARTS) is 1. The average molecular weight is 228 g/mol. The largest absolute Gasteiger partial charge is 0.478 e. The Morgan fingerprint density at radius 1 is 1.67 bits per heavy atom. The van der Waals surface area contributed by atoms with Crippen LogP contribution in [0.15, 0.2) is 17.3 Å². The highest BCUT2D eigenvalue weighted by atomic mass is 32.2. The van der Waals surface area contributed by atoms with Crippen molar-refractivity contribution in [1.29, 1.82) is 0 Å². The van der Waals surface area contributed by atoms with E-state index in [9.17, 15) is 4.79 Å². The summed E-state index contributed by atoms with van der Waals surface area (Å²) in [5, 5.41) is 25.5. The minimum atomic E-state index is -1.01. The van der Waals surface area contributed by atoms with E-state index in [1.54, 1.807) is 0 Å². The first kappa shape index (κ1) is 11.9. The van der Waals surface area contributed by atoms with Crippen LogP contribution in [-0.4, -0.2) is 38.2 Å². The molecule has 1 aromatic heterocycles. The van der Waals surface area contributed by atoms with Crippen molar-refractivity contribution < 1.29 is 15.0 Å². The molecule has 5 nitrogen and oxygen atoms in total. The van der Waals surface area contributed by atoms with Crippen molar-refractivity contribution in [1.82, 2.24) is 10.2 Å². The Morgan fingerprint density at radius 3 is 3.00 bits per heavy atom. The summed E-state index contributed by atoms with van der Waals surface area (Å²) in [7, 11) is 0. The van der Waals surface area contributed by atoms with Gasteiger partial charge < -0.3 is 10.2 Å². The summed E-state index contributed by atoms with van der Waals surface area (Å²) in [6, 6.07) is 1.42. The standard InChI is InChI=1S/C9H12N2O3S/c1-6(3-5-12)15-8-7(9(13)14)2-4-10-11-8/h2,4,6,12H,3,5H2,1H3,(H,13,14). The van der Waals surface area contributed by atoms with E-state index in [0.717, 1.165) is 0 Å². The van der Waals surface area contributed by atoms with Gasteiger partial charge in [0, 0.05) is 11.9 Å². The van der Waals surface area contributed by atoms with Crippen LogP contribution >= 0.6 is 11.8 Å². The molecule has 0 radical (unpaired) electrons. The van der Waals surface area contributed by atoms with Gasteiger partial charge in [-0.25, -0.2) is 4.79 Å². The van der Waals surface area contributed by atoms with Crippen LogP contribution in [-0.2, 0) is 0 Å². The van der Waals surface area contributed by atoms with Crippen molar-refractivity contribution in [3.8, 4) is 0 Å². The first-order valence-corrected chi connectivity index (χ1v) is 5.35. The Balaban J connectivity index is 2.79. The smallest absolute Gasteiger partial charge is 0.338 e. The molecule has 0 aromatic carbocycles. The van der Waals surface area contributed by atoms with E-state index in [1.807, 2.05) is 6.92 Å². The Kier molecular flexibility index (Phi) is 4.51. The number of hydrogen-bond donors (Lipinski definition) is 2. The monoisotopic (exact) mass is 228 g/mol. The molecule has 6 heteroatoms. The third-order valence-corrected chi connectivity index (χ3v) is 2.93. The molecule has 0 fully saturated rings. The molecule has 0 aliphatic heterocycles. The van der Waals surface area contributed by atoms with E-state index in [-0.39, 0.29) is 17.4 Å². The number of carbonyl (C=O) groups is 1. The first-order valence-electron chi connectivity index (χ1n) is 4.47. The molecule has 1 rings (SSSR count). The SMILES string of the molecule is CC(CCO)Sc1nnccc1C(=O)O. The lowest BCUT2D eigenvalue weighted by Crippen LogP contribution is -2.06. The molecule has 0 bridgehead atoms. The highest BCUT2D eigenvalue weighted by Crippen LogP contribution is 2.25. The van der Waals surface area contributed by atoms with Gasteiger partial charge in [-0.2, -0.15) is 5.10 Å². The number of nitrogens with zero attached hydrogens (tertiary/aromatic N) is 2. The van der Waals surface area contributed by atoms with Crippen LogP contribution in [0.5, 0.6) is 0 Å². The second kappa shape index (κ2) is 5.67. The maximum Gasteiger partial charge on any atom is 0.338 e. The average Bonchev–Trinajstić information content (AvgIpc) is 2.18. The lowest BCUT2D eigenvalue weighted by Gasteiger charge is -2.09. The molecule has 0 saturated carbocycles. The summed E-state index contributed by atoms with van der Waals surface area (Å²) in [6.07, 6.45) is 1.95. The lowest BCUT2D eigenvalue weighted by atomic mass is 10.3. The maximum absolute atomic E-state index is 10.8. The quantitative estimate of drug-likeness (QED) is 0.732. The second-order valence-corrected chi connectivity index (χ2v) is 4.42. The second-order valence-electron chi connectivity index (χ2n) is 3.00. The zero-order chi connectivity index (χ0) is 11.3. The van der Waals surface area contributed by atoms with E-state index in [2.05, 4.69) is 10.2 Å². The molecule has 0 aliphatic rings. The summed E-state index contributed by atoms with van der Waals surface area (Å²) in [6.45, 7) is 1.98. The van der Waals surface area contributed by atoms with Crippen molar-refractivity contribution in [2.45, 2.75) is 23.6 Å². The van der Waals surface area contributed by atoms with Crippen molar-refractivity contribution >= 4 is 17.7 Å². The fraction of sp³-hybridized carbons (Fsp3) is 0.444. The van der Waals surface area contributed by atoms with Crippen molar-refractivity contribution in [3.63, 3.8) is 0 Å². The molecule has 2 N–H and O–H groups in total. The summed E-state index contributed by atoms with van der Waals surface area (Å²) in [5.41, 5.74) is 0.153. The van der Waals surface area contributed by atoms with E-state index < -0.39 is 5.97 Å². The zero-order valence-corrected chi connectivity index (χ0v) is 9.07. The fourth-order valence-corrected chi connectivity index (χ4v) is 1.98. The van der Waals surface area contributed by atoms with Crippen LogP contribution < -0.4 is 0 Å². The third-order valence-electron chi connectivity index (χ3n) is 1.77. The Labute approximate surface area is 91.5 Å². The van der Waals surface area contributed by atoms with Crippen LogP contribution in [0.25, 0.3) is 0 Å². The molecule has 0 spiro atoms. The maximum atomic E-state index is 10.8. The first-order chi connectivity index (χ1) is 7.15. The molecule has 0 saturated heterocycles. The summed E-state index contributed by atoms with van der Waals surface area (Å²) < 4.78 is 0. The molecule has 1 unspecified atom stereocenters. The van der Waals surface area contributed by atoms with Gasteiger partial charge in [-0.15, -0.1) is 16.9 Å². The van der Waals surface area contributed by atoms with Crippen molar-refractivity contribution in [2.75, 3.05) is 6.61 Å². The number of aliphatic hydroxyl groups excluding tert-OH is 1. The Morgan fingerprint density at radius 2 is 2.40 bits per heavy atom. The Bertz CT molecular complexity index is 346. The molecule has 1 heterocycles. The molecule has 15 heavy (non-hydrogen) atoms. The molecular weight excluding hydrogens is 216 g/mol. The molecular formula is C9H12N2O3S. The van der Waals surface area contributed by atoms with Crippen molar-refractivity contribution in [3.05, 3.63) is 17.8 Å². The summed E-state index contributed by atoms with van der Waals surface area (Å²) in [5.74, 6) is -1.01. The predicted molar refractivity (Wildman–Crippen MR) is 56.0 cm³/mol. The van der Waals surface area contributed by atoms with Gasteiger partial charge in [0.2, 0.25) is 0 Å². The molecule has 0 amide bonds. The molecule has 0 aliphatic carbocycles. The van der Waals surface area contributed by atoms with Gasteiger partial charge in [0.15, 0.2) is 0 Å². The number of hydrogen-bond acceptors (Lipinski definition) is 5. The van der Waals surface area contributed by atoms with E-state index in [0.29, 0.717) is 11.4 Å². The number of aromatic carboxylic acids is 1. The van der Waals surface area contributed by atoms with Gasteiger partial charge in [-0.05, 0) is 12.5 Å². The minimum Gasteiger partial charge on any atom is -0.478 e. The normalized spacial score (nSPS) is 12.4. The van der Waals surface area contributed by atoms with Gasteiger partial charge >= 0.3 is 5.97 Å². The van der Waals surface area contributed by atoms with Gasteiger partial charge in [0.25, 0.3) is 0 Å². The van der Waals surface area contributed by atoms with Gasteiger partial charge in [-0.3, -0.25) is 0 Å². The molecule has 1 aromatic rings. The third kappa shape index (κ3) is 3.49. The highest BCUT2D eigenvalue weighted by Gasteiger charge is 2.14. The number of aliphatic hydroxyl groups is 1. The van der Waals surface area contributed by atoms with Crippen LogP contribution in [0, 0.1) is 0 Å². The van der Waals surface area contributed by atoms with Crippen LogP contribution in [0.2, 0.25) is 0 Å². The van der Waals surface area contributed by atoms with E-state index >= 15 is 0 Å². The Hall–Kier alpha value is -1.14. The molecule has 82 valence electrons. The highest BCUT2D eigenvalue weighted by molar-refractivity contribution is 7.99. The van der Waals surface area contributed by atoms with Gasteiger partial charge in [0.05, 0.1) is 11.8 Å². The zero-order valence-electron chi connectivity index (χ0n) is 8.25. The number of rotatable bonds is 5. The summed E-state index contributed by atoms with van der Waals surface area (Å²) in [4.78, 5) is 10.8. The van der Waals surface area contributed by atoms with E-state index in [4.69, 9.17) is 10.2 Å². The predicted octanol–water partition coefficient (Wildman–Crippen LogP) is 1.04. The van der Waals surface area contributed by atoms with Crippen LogP contribution in [0.3, 0.4) is 0 Å². The van der Waals surface area contributed by atoms with Gasteiger partial charge in [-0.1, -0.05) is 6.92 Å². The van der Waals surface area contributed by atoms with Crippen molar-refractivity contribution in [2.24, 2.45) is 0 Å². The topological polar surface area (TPSA) is 83.3 Å². The molecule has 1 atom stereocenters. The fourth-order valence-electron chi connectivity index (χ4n) is 1.000. The van der Waals surface area contributed by atoms with Crippen LogP contribution in [0.4, 0.5) is 0 Å². The van der Waals surface area contributed by atoms with Gasteiger partial charge in [0.1, 0.15) is 5.03 Å². The lowest BCUT2D eigenvalue weighted by molar-refractivity contribution is 0.0692. The van der Waals surface area contributed by atoms with E-state index in [1.165, 1.54) is 24.0 Å². The number of carboxylic acids is 1. The van der Waals surface area contributed by atoms with Crippen LogP contribution in [0.1, 0.15) is 23.7 Å². The number of thioether (sulfide) groups is 1. The minimum absolute atomic E-state index is 0.0802. The summed E-state index contributed by atoms with van der Waals surface area (Å²) >= 11 is 1.31.